The molecule has 0 saturated heterocycles. The first kappa shape index (κ1) is 15.4. The maximum Gasteiger partial charge on any atom is 0.252 e. The Morgan fingerprint density at radius 1 is 1.50 bits per heavy atom. The monoisotopic (exact) mass is 331 g/mol. The van der Waals surface area contributed by atoms with Gasteiger partial charge in [0.2, 0.25) is 0 Å². The topological polar surface area (TPSA) is 46.2 Å². The van der Waals surface area contributed by atoms with Crippen LogP contribution in [0.15, 0.2) is 22.7 Å². The van der Waals surface area contributed by atoms with Crippen LogP contribution >= 0.6 is 15.9 Å². The second-order valence-electron chi connectivity index (χ2n) is 4.38. The summed E-state index contributed by atoms with van der Waals surface area (Å²) in [6, 6.07) is 5.62. The molecule has 0 aromatic heterocycles. The molecular formula is C13H18BrNO2S. The van der Waals surface area contributed by atoms with Crippen molar-refractivity contribution in [2.24, 2.45) is 0 Å². The van der Waals surface area contributed by atoms with Gasteiger partial charge in [-0.2, -0.15) is 0 Å². The third kappa shape index (κ3) is 4.53. The number of carbonyl (C=O) groups excluding carboxylic acids is 1. The number of hydrogen-bond donors (Lipinski definition) is 1. The molecule has 1 aromatic carbocycles. The molecule has 5 heteroatoms. The Bertz CT molecular complexity index is 462. The summed E-state index contributed by atoms with van der Waals surface area (Å²) >= 11 is 3.42. The van der Waals surface area contributed by atoms with Gasteiger partial charge in [0.1, 0.15) is 0 Å². The van der Waals surface area contributed by atoms with Crippen molar-refractivity contribution in [1.82, 2.24) is 5.32 Å². The number of hydrogen-bond acceptors (Lipinski definition) is 2. The number of halogens is 1. The molecule has 1 N–H and O–H groups in total. The van der Waals surface area contributed by atoms with Crippen molar-refractivity contribution < 1.29 is 9.00 Å². The van der Waals surface area contributed by atoms with Crippen LogP contribution in [0.4, 0.5) is 0 Å². The van der Waals surface area contributed by atoms with Gasteiger partial charge < -0.3 is 5.32 Å². The Morgan fingerprint density at radius 2 is 2.17 bits per heavy atom. The number of amides is 1. The summed E-state index contributed by atoms with van der Waals surface area (Å²) in [4.78, 5) is 12.1. The van der Waals surface area contributed by atoms with Crippen molar-refractivity contribution in [2.75, 3.05) is 12.0 Å². The molecule has 18 heavy (non-hydrogen) atoms. The fourth-order valence-electron chi connectivity index (χ4n) is 1.54. The fraction of sp³-hybridized carbons (Fsp3) is 0.462. The number of nitrogens with one attached hydrogen (secondary N) is 1. The Morgan fingerprint density at radius 3 is 2.78 bits per heavy atom. The van der Waals surface area contributed by atoms with E-state index in [0.29, 0.717) is 11.3 Å². The predicted molar refractivity (Wildman–Crippen MR) is 79.4 cm³/mol. The van der Waals surface area contributed by atoms with Crippen molar-refractivity contribution >= 4 is 32.6 Å². The molecule has 0 fully saturated rings. The lowest BCUT2D eigenvalue weighted by atomic mass is 10.1. The van der Waals surface area contributed by atoms with E-state index in [1.54, 1.807) is 12.3 Å². The first-order valence-corrected chi connectivity index (χ1v) is 8.30. The first-order valence-electron chi connectivity index (χ1n) is 5.77. The highest BCUT2D eigenvalue weighted by molar-refractivity contribution is 9.10. The highest BCUT2D eigenvalue weighted by atomic mass is 79.9. The largest absolute Gasteiger partial charge is 0.350 e. The molecule has 2 unspecified atom stereocenters. The minimum absolute atomic E-state index is 0.0220. The van der Waals surface area contributed by atoms with E-state index in [1.165, 1.54) is 0 Å². The standard InChI is InChI=1S/C13H18BrNO2S/c1-9-5-4-6-11(12(9)14)13(16)15-10(2)7-8-18(3)17/h4-6,10H,7-8H2,1-3H3,(H,15,16). The van der Waals surface area contributed by atoms with Gasteiger partial charge in [0, 0.05) is 33.3 Å². The van der Waals surface area contributed by atoms with Crippen molar-refractivity contribution in [2.45, 2.75) is 26.3 Å². The van der Waals surface area contributed by atoms with Crippen LogP contribution in [-0.2, 0) is 10.8 Å². The third-order valence-electron chi connectivity index (χ3n) is 2.65. The average Bonchev–Trinajstić information content (AvgIpc) is 2.30. The summed E-state index contributed by atoms with van der Waals surface area (Å²) < 4.78 is 11.8. The van der Waals surface area contributed by atoms with Gasteiger partial charge in [0.05, 0.1) is 5.56 Å². The molecule has 0 aliphatic carbocycles. The van der Waals surface area contributed by atoms with E-state index >= 15 is 0 Å². The zero-order chi connectivity index (χ0) is 13.7. The summed E-state index contributed by atoms with van der Waals surface area (Å²) in [5.74, 6) is 0.510. The molecular weight excluding hydrogens is 314 g/mol. The Balaban J connectivity index is 2.65. The van der Waals surface area contributed by atoms with Crippen LogP contribution in [0, 0.1) is 6.92 Å². The molecule has 0 bridgehead atoms. The van der Waals surface area contributed by atoms with Gasteiger partial charge in [-0.15, -0.1) is 0 Å². The minimum Gasteiger partial charge on any atom is -0.350 e. The van der Waals surface area contributed by atoms with Crippen LogP contribution in [0.1, 0.15) is 29.3 Å². The normalized spacial score (nSPS) is 14.0. The predicted octanol–water partition coefficient (Wildman–Crippen LogP) is 2.64. The molecule has 1 amide bonds. The fourth-order valence-corrected chi connectivity index (χ4v) is 2.67. The third-order valence-corrected chi connectivity index (χ3v) is 4.52. The van der Waals surface area contributed by atoms with Gasteiger partial charge in [0.15, 0.2) is 0 Å². The lowest BCUT2D eigenvalue weighted by molar-refractivity contribution is 0.0938. The van der Waals surface area contributed by atoms with E-state index in [0.717, 1.165) is 16.5 Å². The maximum absolute atomic E-state index is 12.1. The summed E-state index contributed by atoms with van der Waals surface area (Å²) in [6.45, 7) is 3.87. The van der Waals surface area contributed by atoms with E-state index in [9.17, 15) is 9.00 Å². The van der Waals surface area contributed by atoms with Gasteiger partial charge >= 0.3 is 0 Å². The van der Waals surface area contributed by atoms with Crippen LogP contribution < -0.4 is 5.32 Å². The van der Waals surface area contributed by atoms with Crippen molar-refractivity contribution in [3.63, 3.8) is 0 Å². The molecule has 0 aliphatic rings. The number of aryl methyl sites for hydroxylation is 1. The van der Waals surface area contributed by atoms with Crippen molar-refractivity contribution in [3.8, 4) is 0 Å². The van der Waals surface area contributed by atoms with E-state index < -0.39 is 10.8 Å². The van der Waals surface area contributed by atoms with E-state index in [-0.39, 0.29) is 11.9 Å². The molecule has 0 aliphatic heterocycles. The molecule has 100 valence electrons. The molecule has 0 heterocycles. The lowest BCUT2D eigenvalue weighted by Crippen LogP contribution is -2.33. The van der Waals surface area contributed by atoms with Crippen LogP contribution in [0.25, 0.3) is 0 Å². The molecule has 0 radical (unpaired) electrons. The average molecular weight is 332 g/mol. The molecule has 2 atom stereocenters. The van der Waals surface area contributed by atoms with Crippen LogP contribution in [0.2, 0.25) is 0 Å². The highest BCUT2D eigenvalue weighted by Gasteiger charge is 2.13. The molecule has 3 nitrogen and oxygen atoms in total. The number of carbonyl (C=O) groups is 1. The highest BCUT2D eigenvalue weighted by Crippen LogP contribution is 2.21. The van der Waals surface area contributed by atoms with Crippen LogP contribution in [0.3, 0.4) is 0 Å². The summed E-state index contributed by atoms with van der Waals surface area (Å²) in [6.07, 6.45) is 2.39. The van der Waals surface area contributed by atoms with Crippen molar-refractivity contribution in [1.29, 1.82) is 0 Å². The summed E-state index contributed by atoms with van der Waals surface area (Å²) in [5, 5.41) is 2.92. The van der Waals surface area contributed by atoms with Crippen LogP contribution in [0.5, 0.6) is 0 Å². The van der Waals surface area contributed by atoms with Gasteiger partial charge in [0.25, 0.3) is 5.91 Å². The summed E-state index contributed by atoms with van der Waals surface area (Å²) in [5.41, 5.74) is 1.67. The Kier molecular flexibility index (Phi) is 6.02. The van der Waals surface area contributed by atoms with E-state index in [1.807, 2.05) is 26.0 Å². The van der Waals surface area contributed by atoms with Gasteiger partial charge in [-0.3, -0.25) is 9.00 Å². The lowest BCUT2D eigenvalue weighted by Gasteiger charge is -2.14. The Labute approximate surface area is 119 Å². The van der Waals surface area contributed by atoms with Gasteiger partial charge in [-0.25, -0.2) is 0 Å². The van der Waals surface area contributed by atoms with Crippen molar-refractivity contribution in [3.05, 3.63) is 33.8 Å². The minimum atomic E-state index is -0.814. The second kappa shape index (κ2) is 7.04. The van der Waals surface area contributed by atoms with Crippen LogP contribution in [-0.4, -0.2) is 28.2 Å². The zero-order valence-corrected chi connectivity index (χ0v) is 13.2. The molecule has 0 spiro atoms. The first-order chi connectivity index (χ1) is 8.41. The summed E-state index contributed by atoms with van der Waals surface area (Å²) in [7, 11) is -0.814. The molecule has 0 saturated carbocycles. The zero-order valence-electron chi connectivity index (χ0n) is 10.8. The maximum atomic E-state index is 12.1. The van der Waals surface area contributed by atoms with Gasteiger partial charge in [-0.1, -0.05) is 12.1 Å². The molecule has 1 aromatic rings. The molecule has 1 rings (SSSR count). The number of benzene rings is 1. The Hall–Kier alpha value is -0.680. The van der Waals surface area contributed by atoms with E-state index in [4.69, 9.17) is 0 Å². The van der Waals surface area contributed by atoms with E-state index in [2.05, 4.69) is 21.2 Å². The number of rotatable bonds is 5. The smallest absolute Gasteiger partial charge is 0.252 e. The van der Waals surface area contributed by atoms with Gasteiger partial charge in [-0.05, 0) is 47.8 Å². The SMILES string of the molecule is Cc1cccc(C(=O)NC(C)CCS(C)=O)c1Br. The quantitative estimate of drug-likeness (QED) is 0.901. The second-order valence-corrected chi connectivity index (χ2v) is 6.72.